The molecule has 0 radical (unpaired) electrons. The van der Waals surface area contributed by atoms with Crippen molar-refractivity contribution in [3.63, 3.8) is 0 Å². The molecule has 5 heteroatoms. The van der Waals surface area contributed by atoms with Gasteiger partial charge in [0.15, 0.2) is 0 Å². The lowest BCUT2D eigenvalue weighted by atomic mass is 10.2. The van der Waals surface area contributed by atoms with Gasteiger partial charge in [-0.1, -0.05) is 12.1 Å². The Labute approximate surface area is 111 Å². The van der Waals surface area contributed by atoms with Crippen LogP contribution in [0.5, 0.6) is 5.75 Å². The van der Waals surface area contributed by atoms with E-state index in [2.05, 4.69) is 4.98 Å². The summed E-state index contributed by atoms with van der Waals surface area (Å²) in [5.74, 6) is 0.633. The molecule has 0 bridgehead atoms. The van der Waals surface area contributed by atoms with Gasteiger partial charge in [0.25, 0.3) is 0 Å². The van der Waals surface area contributed by atoms with Gasteiger partial charge >= 0.3 is 5.97 Å². The summed E-state index contributed by atoms with van der Waals surface area (Å²) in [6, 6.07) is 7.60. The van der Waals surface area contributed by atoms with E-state index in [0.717, 1.165) is 17.1 Å². The van der Waals surface area contributed by atoms with E-state index < -0.39 is 5.97 Å². The standard InChI is InChI=1S/C14H16N2O3/c1-3-19-12-6-4-5-10(7-12)14-15-11(8-13(17)18)9-16(14)2/h4-7,9H,3,8H2,1-2H3,(H,17,18). The summed E-state index contributed by atoms with van der Waals surface area (Å²) in [5.41, 5.74) is 1.46. The molecule has 0 unspecified atom stereocenters. The van der Waals surface area contributed by atoms with E-state index in [4.69, 9.17) is 9.84 Å². The second-order valence-electron chi connectivity index (χ2n) is 4.20. The van der Waals surface area contributed by atoms with Crippen LogP contribution in [0.3, 0.4) is 0 Å². The van der Waals surface area contributed by atoms with Gasteiger partial charge in [0.05, 0.1) is 18.7 Å². The lowest BCUT2D eigenvalue weighted by Gasteiger charge is -2.05. The predicted octanol–water partition coefficient (Wildman–Crippen LogP) is 2.11. The Morgan fingerprint density at radius 1 is 1.47 bits per heavy atom. The van der Waals surface area contributed by atoms with Crippen molar-refractivity contribution in [1.82, 2.24) is 9.55 Å². The molecule has 0 saturated carbocycles. The molecular formula is C14H16N2O3. The highest BCUT2D eigenvalue weighted by Crippen LogP contribution is 2.23. The van der Waals surface area contributed by atoms with Crippen LogP contribution in [0.1, 0.15) is 12.6 Å². The number of imidazole rings is 1. The number of ether oxygens (including phenoxy) is 1. The highest BCUT2D eigenvalue weighted by atomic mass is 16.5. The molecule has 0 fully saturated rings. The lowest BCUT2D eigenvalue weighted by molar-refractivity contribution is -0.136. The van der Waals surface area contributed by atoms with E-state index in [1.807, 2.05) is 42.8 Å². The molecule has 1 heterocycles. The van der Waals surface area contributed by atoms with Crippen molar-refractivity contribution < 1.29 is 14.6 Å². The van der Waals surface area contributed by atoms with E-state index in [-0.39, 0.29) is 6.42 Å². The van der Waals surface area contributed by atoms with E-state index >= 15 is 0 Å². The zero-order chi connectivity index (χ0) is 13.8. The normalized spacial score (nSPS) is 10.4. The van der Waals surface area contributed by atoms with Crippen LogP contribution in [0.4, 0.5) is 0 Å². The first-order chi connectivity index (χ1) is 9.10. The minimum absolute atomic E-state index is 0.0704. The minimum atomic E-state index is -0.882. The molecule has 1 aromatic heterocycles. The van der Waals surface area contributed by atoms with Gasteiger partial charge in [-0.25, -0.2) is 4.98 Å². The molecular weight excluding hydrogens is 244 g/mol. The van der Waals surface area contributed by atoms with Crippen LogP contribution in [0, 0.1) is 0 Å². The number of aromatic nitrogens is 2. The maximum Gasteiger partial charge on any atom is 0.309 e. The number of rotatable bonds is 5. The van der Waals surface area contributed by atoms with E-state index in [1.54, 1.807) is 6.20 Å². The first kappa shape index (κ1) is 13.1. The van der Waals surface area contributed by atoms with Crippen LogP contribution in [0.15, 0.2) is 30.5 Å². The lowest BCUT2D eigenvalue weighted by Crippen LogP contribution is -1.99. The van der Waals surface area contributed by atoms with Gasteiger partial charge in [-0.3, -0.25) is 4.79 Å². The smallest absolute Gasteiger partial charge is 0.309 e. The molecule has 2 aromatic rings. The minimum Gasteiger partial charge on any atom is -0.494 e. The second kappa shape index (κ2) is 5.56. The highest BCUT2D eigenvalue weighted by molar-refractivity contribution is 5.70. The van der Waals surface area contributed by atoms with Crippen molar-refractivity contribution in [3.8, 4) is 17.1 Å². The van der Waals surface area contributed by atoms with Gasteiger partial charge in [0, 0.05) is 18.8 Å². The number of hydrogen-bond acceptors (Lipinski definition) is 3. The average Bonchev–Trinajstić information content (AvgIpc) is 2.70. The number of hydrogen-bond donors (Lipinski definition) is 1. The number of carboxylic acid groups (broad SMARTS) is 1. The number of aliphatic carboxylic acids is 1. The third-order valence-corrected chi connectivity index (χ3v) is 2.66. The van der Waals surface area contributed by atoms with Crippen LogP contribution in [0.2, 0.25) is 0 Å². The molecule has 0 atom stereocenters. The molecule has 0 spiro atoms. The molecule has 100 valence electrons. The Kier molecular flexibility index (Phi) is 3.85. The van der Waals surface area contributed by atoms with Gasteiger partial charge in [-0.15, -0.1) is 0 Å². The Balaban J connectivity index is 2.33. The van der Waals surface area contributed by atoms with Crippen LogP contribution < -0.4 is 4.74 Å². The fraction of sp³-hybridized carbons (Fsp3) is 0.286. The summed E-state index contributed by atoms with van der Waals surface area (Å²) in [4.78, 5) is 15.0. The summed E-state index contributed by atoms with van der Waals surface area (Å²) >= 11 is 0. The maximum absolute atomic E-state index is 10.7. The third kappa shape index (κ3) is 3.13. The zero-order valence-corrected chi connectivity index (χ0v) is 11.0. The largest absolute Gasteiger partial charge is 0.494 e. The topological polar surface area (TPSA) is 64.3 Å². The van der Waals surface area contributed by atoms with Crippen molar-refractivity contribution in [2.75, 3.05) is 6.61 Å². The van der Waals surface area contributed by atoms with E-state index in [9.17, 15) is 4.79 Å². The van der Waals surface area contributed by atoms with Crippen molar-refractivity contribution in [1.29, 1.82) is 0 Å². The van der Waals surface area contributed by atoms with Crippen LogP contribution in [-0.2, 0) is 18.3 Å². The first-order valence-corrected chi connectivity index (χ1v) is 6.07. The molecule has 0 amide bonds. The first-order valence-electron chi connectivity index (χ1n) is 6.07. The summed E-state index contributed by atoms with van der Waals surface area (Å²) < 4.78 is 7.27. The van der Waals surface area contributed by atoms with Crippen molar-refractivity contribution in [2.24, 2.45) is 7.05 Å². The van der Waals surface area contributed by atoms with E-state index in [1.165, 1.54) is 0 Å². The molecule has 5 nitrogen and oxygen atoms in total. The van der Waals surface area contributed by atoms with Gasteiger partial charge < -0.3 is 14.4 Å². The Morgan fingerprint density at radius 3 is 2.95 bits per heavy atom. The molecule has 1 aromatic carbocycles. The number of benzene rings is 1. The maximum atomic E-state index is 10.7. The van der Waals surface area contributed by atoms with Crippen LogP contribution in [-0.4, -0.2) is 27.2 Å². The van der Waals surface area contributed by atoms with Crippen molar-refractivity contribution in [3.05, 3.63) is 36.2 Å². The Morgan fingerprint density at radius 2 is 2.26 bits per heavy atom. The van der Waals surface area contributed by atoms with Crippen LogP contribution >= 0.6 is 0 Å². The fourth-order valence-electron chi connectivity index (χ4n) is 1.93. The molecule has 0 aliphatic carbocycles. The molecule has 2 rings (SSSR count). The van der Waals surface area contributed by atoms with E-state index in [0.29, 0.717) is 12.3 Å². The van der Waals surface area contributed by atoms with Gasteiger partial charge in [-0.2, -0.15) is 0 Å². The quantitative estimate of drug-likeness (QED) is 0.894. The number of carbonyl (C=O) groups is 1. The summed E-state index contributed by atoms with van der Waals surface area (Å²) in [5, 5.41) is 8.78. The Bertz CT molecular complexity index is 590. The average molecular weight is 260 g/mol. The fourth-order valence-corrected chi connectivity index (χ4v) is 1.93. The summed E-state index contributed by atoms with van der Waals surface area (Å²) in [7, 11) is 1.85. The monoisotopic (exact) mass is 260 g/mol. The predicted molar refractivity (Wildman–Crippen MR) is 71.2 cm³/mol. The number of nitrogens with zero attached hydrogens (tertiary/aromatic N) is 2. The van der Waals surface area contributed by atoms with Crippen molar-refractivity contribution in [2.45, 2.75) is 13.3 Å². The van der Waals surface area contributed by atoms with Gasteiger partial charge in [0.1, 0.15) is 11.6 Å². The molecule has 0 aliphatic rings. The second-order valence-corrected chi connectivity index (χ2v) is 4.20. The highest BCUT2D eigenvalue weighted by Gasteiger charge is 2.10. The summed E-state index contributed by atoms with van der Waals surface area (Å²) in [6.45, 7) is 2.53. The Hall–Kier alpha value is -2.30. The SMILES string of the molecule is CCOc1cccc(-c2nc(CC(=O)O)cn2C)c1. The van der Waals surface area contributed by atoms with Crippen LogP contribution in [0.25, 0.3) is 11.4 Å². The molecule has 19 heavy (non-hydrogen) atoms. The summed E-state index contributed by atoms with van der Waals surface area (Å²) in [6.07, 6.45) is 1.66. The van der Waals surface area contributed by atoms with Crippen molar-refractivity contribution >= 4 is 5.97 Å². The van der Waals surface area contributed by atoms with Gasteiger partial charge in [0.2, 0.25) is 0 Å². The molecule has 1 N–H and O–H groups in total. The molecule has 0 saturated heterocycles. The number of aryl methyl sites for hydroxylation is 1. The molecule has 0 aliphatic heterocycles. The zero-order valence-electron chi connectivity index (χ0n) is 11.0. The third-order valence-electron chi connectivity index (χ3n) is 2.66. The van der Waals surface area contributed by atoms with Gasteiger partial charge in [-0.05, 0) is 19.1 Å². The number of carboxylic acids is 1.